The minimum atomic E-state index is 0.149. The highest BCUT2D eigenvalue weighted by molar-refractivity contribution is 5.13. The van der Waals surface area contributed by atoms with E-state index < -0.39 is 0 Å². The van der Waals surface area contributed by atoms with Crippen molar-refractivity contribution in [2.24, 2.45) is 5.73 Å². The first kappa shape index (κ1) is 10.2. The van der Waals surface area contributed by atoms with Crippen LogP contribution in [0.5, 0.6) is 0 Å². The van der Waals surface area contributed by atoms with E-state index in [1.54, 1.807) is 12.4 Å². The van der Waals surface area contributed by atoms with Gasteiger partial charge in [-0.3, -0.25) is 4.98 Å². The third-order valence-electron chi connectivity index (χ3n) is 2.08. The Bertz CT molecular complexity index is 223. The predicted molar refractivity (Wildman–Crippen MR) is 54.3 cm³/mol. The third kappa shape index (κ3) is 3.53. The van der Waals surface area contributed by atoms with Gasteiger partial charge in [0.2, 0.25) is 0 Å². The molecule has 0 bridgehead atoms. The first-order valence-corrected chi connectivity index (χ1v) is 4.64. The van der Waals surface area contributed by atoms with Gasteiger partial charge in [0.15, 0.2) is 0 Å². The largest absolute Gasteiger partial charge is 0.324 e. The standard InChI is InChI=1S/C10H17N3/c1-12-6-2-3-10(11)9-4-7-13-8-5-9/h4-5,7-8,10,12H,2-3,6,11H2,1H3. The number of pyridine rings is 1. The predicted octanol–water partition coefficient (Wildman–Crippen LogP) is 1.08. The molecule has 0 aliphatic carbocycles. The van der Waals surface area contributed by atoms with E-state index in [0.29, 0.717) is 0 Å². The average molecular weight is 179 g/mol. The van der Waals surface area contributed by atoms with E-state index in [0.717, 1.165) is 19.4 Å². The van der Waals surface area contributed by atoms with Gasteiger partial charge < -0.3 is 11.1 Å². The third-order valence-corrected chi connectivity index (χ3v) is 2.08. The lowest BCUT2D eigenvalue weighted by atomic mass is 10.0. The summed E-state index contributed by atoms with van der Waals surface area (Å²) in [6, 6.07) is 4.10. The summed E-state index contributed by atoms with van der Waals surface area (Å²) in [5.41, 5.74) is 7.15. The van der Waals surface area contributed by atoms with E-state index >= 15 is 0 Å². The fourth-order valence-corrected chi connectivity index (χ4v) is 1.28. The maximum Gasteiger partial charge on any atom is 0.0296 e. The van der Waals surface area contributed by atoms with Crippen molar-refractivity contribution in [3.63, 3.8) is 0 Å². The van der Waals surface area contributed by atoms with Gasteiger partial charge in [0.25, 0.3) is 0 Å². The summed E-state index contributed by atoms with van der Waals surface area (Å²) in [6.07, 6.45) is 5.70. The zero-order chi connectivity index (χ0) is 9.52. The van der Waals surface area contributed by atoms with Crippen LogP contribution in [0, 0.1) is 0 Å². The van der Waals surface area contributed by atoms with Crippen LogP contribution in [0.3, 0.4) is 0 Å². The summed E-state index contributed by atoms with van der Waals surface area (Å²) in [4.78, 5) is 3.96. The van der Waals surface area contributed by atoms with Crippen LogP contribution in [0.1, 0.15) is 24.4 Å². The van der Waals surface area contributed by atoms with Crippen LogP contribution in [-0.2, 0) is 0 Å². The second kappa shape index (κ2) is 5.67. The SMILES string of the molecule is CNCCCC(N)c1ccncc1. The molecule has 1 heterocycles. The molecule has 1 rings (SSSR count). The van der Waals surface area contributed by atoms with Gasteiger partial charge >= 0.3 is 0 Å². The molecule has 0 aliphatic rings. The number of nitrogens with zero attached hydrogens (tertiary/aromatic N) is 1. The molecule has 0 fully saturated rings. The first-order chi connectivity index (χ1) is 6.34. The Morgan fingerprint density at radius 3 is 2.77 bits per heavy atom. The van der Waals surface area contributed by atoms with Crippen LogP contribution in [0.15, 0.2) is 24.5 Å². The molecule has 3 heteroatoms. The Kier molecular flexibility index (Phi) is 4.43. The molecule has 1 aromatic heterocycles. The van der Waals surface area contributed by atoms with Crippen LogP contribution < -0.4 is 11.1 Å². The van der Waals surface area contributed by atoms with Crippen molar-refractivity contribution in [1.29, 1.82) is 0 Å². The van der Waals surface area contributed by atoms with E-state index in [4.69, 9.17) is 5.73 Å². The minimum Gasteiger partial charge on any atom is -0.324 e. The van der Waals surface area contributed by atoms with Gasteiger partial charge in [-0.25, -0.2) is 0 Å². The van der Waals surface area contributed by atoms with Crippen molar-refractivity contribution < 1.29 is 0 Å². The normalized spacial score (nSPS) is 12.8. The smallest absolute Gasteiger partial charge is 0.0296 e. The fourth-order valence-electron chi connectivity index (χ4n) is 1.28. The number of rotatable bonds is 5. The van der Waals surface area contributed by atoms with Gasteiger partial charge in [-0.2, -0.15) is 0 Å². The number of hydrogen-bond acceptors (Lipinski definition) is 3. The lowest BCUT2D eigenvalue weighted by Gasteiger charge is -2.10. The Morgan fingerprint density at radius 2 is 2.15 bits per heavy atom. The van der Waals surface area contributed by atoms with Crippen LogP contribution in [-0.4, -0.2) is 18.6 Å². The molecule has 0 aromatic carbocycles. The minimum absolute atomic E-state index is 0.149. The van der Waals surface area contributed by atoms with E-state index in [1.807, 2.05) is 19.2 Å². The number of hydrogen-bond donors (Lipinski definition) is 2. The Hall–Kier alpha value is -0.930. The second-order valence-electron chi connectivity index (χ2n) is 3.13. The first-order valence-electron chi connectivity index (χ1n) is 4.64. The van der Waals surface area contributed by atoms with E-state index in [2.05, 4.69) is 10.3 Å². The molecule has 0 amide bonds. The molecular formula is C10H17N3. The Morgan fingerprint density at radius 1 is 1.46 bits per heavy atom. The molecule has 0 saturated heterocycles. The van der Waals surface area contributed by atoms with Crippen molar-refractivity contribution in [3.05, 3.63) is 30.1 Å². The summed E-state index contributed by atoms with van der Waals surface area (Å²) in [7, 11) is 1.96. The van der Waals surface area contributed by atoms with Gasteiger partial charge in [0.1, 0.15) is 0 Å². The van der Waals surface area contributed by atoms with Crippen molar-refractivity contribution in [2.75, 3.05) is 13.6 Å². The zero-order valence-electron chi connectivity index (χ0n) is 8.03. The van der Waals surface area contributed by atoms with Crippen molar-refractivity contribution in [1.82, 2.24) is 10.3 Å². The van der Waals surface area contributed by atoms with E-state index in [9.17, 15) is 0 Å². The molecule has 0 aliphatic heterocycles. The highest BCUT2D eigenvalue weighted by Crippen LogP contribution is 2.13. The van der Waals surface area contributed by atoms with Gasteiger partial charge in [-0.05, 0) is 44.1 Å². The molecule has 1 atom stereocenters. The molecule has 1 aromatic rings. The maximum absolute atomic E-state index is 5.98. The molecule has 0 radical (unpaired) electrons. The highest BCUT2D eigenvalue weighted by atomic mass is 14.8. The summed E-state index contributed by atoms with van der Waals surface area (Å²) < 4.78 is 0. The topological polar surface area (TPSA) is 50.9 Å². The molecular weight excluding hydrogens is 162 g/mol. The number of aromatic nitrogens is 1. The average Bonchev–Trinajstić information content (AvgIpc) is 2.19. The maximum atomic E-state index is 5.98. The van der Waals surface area contributed by atoms with Gasteiger partial charge in [0, 0.05) is 18.4 Å². The molecule has 72 valence electrons. The zero-order valence-corrected chi connectivity index (χ0v) is 8.03. The van der Waals surface area contributed by atoms with Crippen LogP contribution in [0.4, 0.5) is 0 Å². The molecule has 3 nitrogen and oxygen atoms in total. The summed E-state index contributed by atoms with van der Waals surface area (Å²) in [5.74, 6) is 0. The van der Waals surface area contributed by atoms with Gasteiger partial charge in [-0.1, -0.05) is 0 Å². The molecule has 1 unspecified atom stereocenters. The monoisotopic (exact) mass is 179 g/mol. The van der Waals surface area contributed by atoms with E-state index in [1.165, 1.54) is 5.56 Å². The highest BCUT2D eigenvalue weighted by Gasteiger charge is 2.03. The van der Waals surface area contributed by atoms with Crippen molar-refractivity contribution >= 4 is 0 Å². The van der Waals surface area contributed by atoms with Crippen LogP contribution in [0.2, 0.25) is 0 Å². The lowest BCUT2D eigenvalue weighted by molar-refractivity contribution is 0.590. The molecule has 0 saturated carbocycles. The van der Waals surface area contributed by atoms with Gasteiger partial charge in [0.05, 0.1) is 0 Å². The van der Waals surface area contributed by atoms with Crippen molar-refractivity contribution in [3.8, 4) is 0 Å². The molecule has 0 spiro atoms. The van der Waals surface area contributed by atoms with E-state index in [-0.39, 0.29) is 6.04 Å². The number of nitrogens with one attached hydrogen (secondary N) is 1. The molecule has 3 N–H and O–H groups in total. The lowest BCUT2D eigenvalue weighted by Crippen LogP contribution is -2.14. The Labute approximate surface area is 79.4 Å². The number of nitrogens with two attached hydrogens (primary N) is 1. The van der Waals surface area contributed by atoms with Crippen LogP contribution >= 0.6 is 0 Å². The van der Waals surface area contributed by atoms with Crippen molar-refractivity contribution in [2.45, 2.75) is 18.9 Å². The van der Waals surface area contributed by atoms with Gasteiger partial charge in [-0.15, -0.1) is 0 Å². The summed E-state index contributed by atoms with van der Waals surface area (Å²) in [6.45, 7) is 1.03. The second-order valence-corrected chi connectivity index (χ2v) is 3.13. The summed E-state index contributed by atoms with van der Waals surface area (Å²) >= 11 is 0. The van der Waals surface area contributed by atoms with Crippen LogP contribution in [0.25, 0.3) is 0 Å². The quantitative estimate of drug-likeness (QED) is 0.665. The summed E-state index contributed by atoms with van der Waals surface area (Å²) in [5, 5.41) is 3.11. The molecule has 13 heavy (non-hydrogen) atoms. The Balaban J connectivity index is 2.35. The fraction of sp³-hybridized carbons (Fsp3) is 0.500.